The van der Waals surface area contributed by atoms with Crippen LogP contribution in [0, 0.1) is 0 Å². The summed E-state index contributed by atoms with van der Waals surface area (Å²) in [5.74, 6) is -0.0650. The van der Waals surface area contributed by atoms with Crippen molar-refractivity contribution in [3.05, 3.63) is 90.0 Å². The molecule has 0 fully saturated rings. The van der Waals surface area contributed by atoms with E-state index in [0.717, 1.165) is 16.7 Å². The number of benzene rings is 1. The number of carbonyl (C=O) groups excluding carboxylic acids is 1. The SMILES string of the molecule is CSc1ccc(C(NCc2ccncc2)C(=O)NCc2cccnc2)cc1. The number of aromatic nitrogens is 2. The van der Waals surface area contributed by atoms with Crippen LogP contribution in [0.1, 0.15) is 22.7 Å². The van der Waals surface area contributed by atoms with Crippen molar-refractivity contribution in [3.63, 3.8) is 0 Å². The van der Waals surface area contributed by atoms with E-state index in [0.29, 0.717) is 13.1 Å². The van der Waals surface area contributed by atoms with Crippen LogP contribution in [0.5, 0.6) is 0 Å². The minimum atomic E-state index is -0.439. The number of rotatable bonds is 8. The number of nitrogens with one attached hydrogen (secondary N) is 2. The zero-order chi connectivity index (χ0) is 18.9. The van der Waals surface area contributed by atoms with Crippen LogP contribution < -0.4 is 10.6 Å². The third-order valence-electron chi connectivity index (χ3n) is 4.16. The Bertz CT molecular complexity index is 841. The minimum absolute atomic E-state index is 0.0650. The molecule has 2 aromatic heterocycles. The molecule has 0 aliphatic heterocycles. The molecule has 27 heavy (non-hydrogen) atoms. The topological polar surface area (TPSA) is 66.9 Å². The third-order valence-corrected chi connectivity index (χ3v) is 4.90. The van der Waals surface area contributed by atoms with Gasteiger partial charge in [0.25, 0.3) is 0 Å². The maximum absolute atomic E-state index is 12.9. The molecule has 1 atom stereocenters. The molecule has 3 rings (SSSR count). The Labute approximate surface area is 163 Å². The van der Waals surface area contributed by atoms with Crippen LogP contribution in [-0.2, 0) is 17.9 Å². The lowest BCUT2D eigenvalue weighted by molar-refractivity contribution is -0.123. The van der Waals surface area contributed by atoms with Crippen molar-refractivity contribution >= 4 is 17.7 Å². The molecule has 0 aliphatic rings. The molecule has 6 heteroatoms. The van der Waals surface area contributed by atoms with Gasteiger partial charge >= 0.3 is 0 Å². The van der Waals surface area contributed by atoms with Gasteiger partial charge in [-0.15, -0.1) is 11.8 Å². The van der Waals surface area contributed by atoms with Crippen molar-refractivity contribution in [1.29, 1.82) is 0 Å². The van der Waals surface area contributed by atoms with E-state index in [9.17, 15) is 4.79 Å². The highest BCUT2D eigenvalue weighted by Gasteiger charge is 2.20. The summed E-state index contributed by atoms with van der Waals surface area (Å²) < 4.78 is 0. The van der Waals surface area contributed by atoms with Gasteiger partial charge in [0.1, 0.15) is 6.04 Å². The number of pyridine rings is 2. The number of nitrogens with zero attached hydrogens (tertiary/aromatic N) is 2. The lowest BCUT2D eigenvalue weighted by Gasteiger charge is -2.19. The highest BCUT2D eigenvalue weighted by Crippen LogP contribution is 2.20. The largest absolute Gasteiger partial charge is 0.350 e. The van der Waals surface area contributed by atoms with Crippen LogP contribution in [0.2, 0.25) is 0 Å². The van der Waals surface area contributed by atoms with Gasteiger partial charge < -0.3 is 5.32 Å². The Morgan fingerprint density at radius 3 is 2.41 bits per heavy atom. The normalized spacial score (nSPS) is 11.7. The first-order valence-electron chi connectivity index (χ1n) is 8.69. The Balaban J connectivity index is 1.72. The Morgan fingerprint density at radius 2 is 1.74 bits per heavy atom. The molecule has 2 N–H and O–H groups in total. The van der Waals surface area contributed by atoms with Gasteiger partial charge in [0, 0.05) is 42.8 Å². The van der Waals surface area contributed by atoms with E-state index < -0.39 is 6.04 Å². The van der Waals surface area contributed by atoms with E-state index in [2.05, 4.69) is 20.6 Å². The van der Waals surface area contributed by atoms with Crippen molar-refractivity contribution in [3.8, 4) is 0 Å². The van der Waals surface area contributed by atoms with Crippen LogP contribution in [0.4, 0.5) is 0 Å². The maximum Gasteiger partial charge on any atom is 0.242 e. The lowest BCUT2D eigenvalue weighted by atomic mass is 10.1. The van der Waals surface area contributed by atoms with Gasteiger partial charge in [0.2, 0.25) is 5.91 Å². The Kier molecular flexibility index (Phi) is 6.96. The van der Waals surface area contributed by atoms with Gasteiger partial charge in [-0.3, -0.25) is 20.1 Å². The highest BCUT2D eigenvalue weighted by molar-refractivity contribution is 7.98. The van der Waals surface area contributed by atoms with Gasteiger partial charge in [-0.05, 0) is 53.3 Å². The van der Waals surface area contributed by atoms with E-state index in [1.807, 2.05) is 54.8 Å². The van der Waals surface area contributed by atoms with Gasteiger partial charge in [0.15, 0.2) is 0 Å². The van der Waals surface area contributed by atoms with Gasteiger partial charge in [-0.1, -0.05) is 18.2 Å². The van der Waals surface area contributed by atoms with Crippen LogP contribution >= 0.6 is 11.8 Å². The average molecular weight is 379 g/mol. The maximum atomic E-state index is 12.9. The first-order valence-corrected chi connectivity index (χ1v) is 9.91. The molecule has 1 aromatic carbocycles. The van der Waals surface area contributed by atoms with Gasteiger partial charge in [-0.2, -0.15) is 0 Å². The Morgan fingerprint density at radius 1 is 0.963 bits per heavy atom. The van der Waals surface area contributed by atoms with E-state index in [1.54, 1.807) is 36.5 Å². The molecule has 2 heterocycles. The lowest BCUT2D eigenvalue weighted by Crippen LogP contribution is -2.37. The summed E-state index contributed by atoms with van der Waals surface area (Å²) in [6.45, 7) is 1.03. The predicted octanol–water partition coefficient (Wildman–Crippen LogP) is 3.35. The molecule has 138 valence electrons. The standard InChI is InChI=1S/C21H22N4OS/c1-27-19-6-4-18(5-7-19)20(24-14-16-8-11-22-12-9-16)21(26)25-15-17-3-2-10-23-13-17/h2-13,20,24H,14-15H2,1H3,(H,25,26). The minimum Gasteiger partial charge on any atom is -0.350 e. The second-order valence-corrected chi connectivity index (χ2v) is 6.90. The zero-order valence-electron chi connectivity index (χ0n) is 15.1. The van der Waals surface area contributed by atoms with Crippen molar-refractivity contribution < 1.29 is 4.79 Å². The Hall–Kier alpha value is -2.70. The first-order chi connectivity index (χ1) is 13.3. The summed E-state index contributed by atoms with van der Waals surface area (Å²) in [5, 5.41) is 6.37. The summed E-state index contributed by atoms with van der Waals surface area (Å²) in [4.78, 5) is 22.2. The average Bonchev–Trinajstić information content (AvgIpc) is 2.74. The molecular weight excluding hydrogens is 356 g/mol. The van der Waals surface area contributed by atoms with E-state index >= 15 is 0 Å². The summed E-state index contributed by atoms with van der Waals surface area (Å²) in [5.41, 5.74) is 2.98. The second-order valence-electron chi connectivity index (χ2n) is 6.02. The fourth-order valence-corrected chi connectivity index (χ4v) is 3.08. The van der Waals surface area contributed by atoms with Gasteiger partial charge in [0.05, 0.1) is 0 Å². The van der Waals surface area contributed by atoms with Gasteiger partial charge in [-0.25, -0.2) is 0 Å². The van der Waals surface area contributed by atoms with Crippen molar-refractivity contribution in [1.82, 2.24) is 20.6 Å². The van der Waals surface area contributed by atoms with E-state index in [-0.39, 0.29) is 5.91 Å². The van der Waals surface area contributed by atoms with Crippen LogP contribution in [0.25, 0.3) is 0 Å². The van der Waals surface area contributed by atoms with Crippen LogP contribution in [0.3, 0.4) is 0 Å². The first kappa shape index (κ1) is 19.1. The number of carbonyl (C=O) groups is 1. The quantitative estimate of drug-likeness (QED) is 0.589. The molecule has 3 aromatic rings. The summed E-state index contributed by atoms with van der Waals surface area (Å²) >= 11 is 1.68. The molecular formula is C21H22N4OS. The number of hydrogen-bond acceptors (Lipinski definition) is 5. The molecule has 0 radical (unpaired) electrons. The second kappa shape index (κ2) is 9.85. The van der Waals surface area contributed by atoms with Crippen molar-refractivity contribution in [2.75, 3.05) is 6.26 Å². The third kappa shape index (κ3) is 5.64. The zero-order valence-corrected chi connectivity index (χ0v) is 15.9. The summed E-state index contributed by atoms with van der Waals surface area (Å²) in [7, 11) is 0. The fourth-order valence-electron chi connectivity index (χ4n) is 2.67. The van der Waals surface area contributed by atoms with E-state index in [1.165, 1.54) is 4.90 Å². The number of amides is 1. The molecule has 0 bridgehead atoms. The smallest absolute Gasteiger partial charge is 0.242 e. The molecule has 0 saturated carbocycles. The monoisotopic (exact) mass is 378 g/mol. The predicted molar refractivity (Wildman–Crippen MR) is 108 cm³/mol. The van der Waals surface area contributed by atoms with Crippen molar-refractivity contribution in [2.24, 2.45) is 0 Å². The molecule has 5 nitrogen and oxygen atoms in total. The molecule has 1 amide bonds. The molecule has 0 aliphatic carbocycles. The fraction of sp³-hybridized carbons (Fsp3) is 0.190. The number of thioether (sulfide) groups is 1. The molecule has 0 saturated heterocycles. The van der Waals surface area contributed by atoms with Crippen LogP contribution in [-0.4, -0.2) is 22.1 Å². The molecule has 1 unspecified atom stereocenters. The van der Waals surface area contributed by atoms with Crippen molar-refractivity contribution in [2.45, 2.75) is 24.0 Å². The highest BCUT2D eigenvalue weighted by atomic mass is 32.2. The van der Waals surface area contributed by atoms with E-state index in [4.69, 9.17) is 0 Å². The number of hydrogen-bond donors (Lipinski definition) is 2. The van der Waals surface area contributed by atoms with Crippen LogP contribution in [0.15, 0.2) is 78.2 Å². The molecule has 0 spiro atoms. The summed E-state index contributed by atoms with van der Waals surface area (Å²) in [6.07, 6.45) is 9.02. The summed E-state index contributed by atoms with van der Waals surface area (Å²) in [6, 6.07) is 15.3.